The largest absolute Gasteiger partial charge is 0.369 e. The van der Waals surface area contributed by atoms with E-state index in [0.29, 0.717) is 13.1 Å². The molecule has 1 fully saturated rings. The third kappa shape index (κ3) is 4.64. The summed E-state index contributed by atoms with van der Waals surface area (Å²) in [6.45, 7) is 4.82. The summed E-state index contributed by atoms with van der Waals surface area (Å²) < 4.78 is 12.5. The molecule has 1 heterocycles. The number of carbonyl (C=O) groups is 2. The zero-order valence-corrected chi connectivity index (χ0v) is 14.5. The number of primary amides is 1. The van der Waals surface area contributed by atoms with Crippen molar-refractivity contribution >= 4 is 22.6 Å². The Labute approximate surface area is 139 Å². The Morgan fingerprint density at radius 3 is 2.83 bits per heavy atom. The predicted octanol–water partition coefficient (Wildman–Crippen LogP) is 1.53. The Morgan fingerprint density at radius 2 is 2.17 bits per heavy atom. The van der Waals surface area contributed by atoms with Crippen LogP contribution >= 0.6 is 0 Å². The van der Waals surface area contributed by atoms with Gasteiger partial charge in [0.15, 0.2) is 0 Å². The fourth-order valence-electron chi connectivity index (χ4n) is 2.85. The number of likely N-dealkylation sites (tertiary alicyclic amines) is 1. The van der Waals surface area contributed by atoms with Crippen LogP contribution in [-0.2, 0) is 20.4 Å². The number of hydrogen-bond donors (Lipinski definition) is 1. The molecule has 1 saturated heterocycles. The summed E-state index contributed by atoms with van der Waals surface area (Å²) in [4.78, 5) is 25.3. The van der Waals surface area contributed by atoms with Gasteiger partial charge >= 0.3 is 0 Å². The van der Waals surface area contributed by atoms with Crippen LogP contribution in [0.4, 0.5) is 0 Å². The SMILES string of the molecule is Cc1cccc([C@H](C)[S@](=O)CC(=O)N2CCC[C@H](C(N)=O)C2)c1. The molecule has 0 saturated carbocycles. The van der Waals surface area contributed by atoms with Gasteiger partial charge in [-0.1, -0.05) is 29.8 Å². The summed E-state index contributed by atoms with van der Waals surface area (Å²) in [7, 11) is -1.29. The van der Waals surface area contributed by atoms with Crippen LogP contribution in [0.2, 0.25) is 0 Å². The quantitative estimate of drug-likeness (QED) is 0.885. The fraction of sp³-hybridized carbons (Fsp3) is 0.529. The van der Waals surface area contributed by atoms with Crippen molar-refractivity contribution in [3.05, 3.63) is 35.4 Å². The Hall–Kier alpha value is -1.69. The molecule has 0 spiro atoms. The highest BCUT2D eigenvalue weighted by atomic mass is 32.2. The Bertz CT molecular complexity index is 618. The third-order valence-electron chi connectivity index (χ3n) is 4.35. The van der Waals surface area contributed by atoms with Gasteiger partial charge < -0.3 is 10.6 Å². The first-order valence-corrected chi connectivity index (χ1v) is 9.27. The van der Waals surface area contributed by atoms with Crippen molar-refractivity contribution in [3.63, 3.8) is 0 Å². The molecule has 3 atom stereocenters. The van der Waals surface area contributed by atoms with Gasteiger partial charge in [-0.25, -0.2) is 0 Å². The van der Waals surface area contributed by atoms with Crippen molar-refractivity contribution in [2.45, 2.75) is 31.9 Å². The van der Waals surface area contributed by atoms with Gasteiger partial charge in [0.1, 0.15) is 5.75 Å². The van der Waals surface area contributed by atoms with Crippen LogP contribution in [-0.4, -0.2) is 39.8 Å². The van der Waals surface area contributed by atoms with Crippen molar-refractivity contribution in [2.75, 3.05) is 18.8 Å². The molecule has 23 heavy (non-hydrogen) atoms. The monoisotopic (exact) mass is 336 g/mol. The van der Waals surface area contributed by atoms with E-state index in [1.54, 1.807) is 4.90 Å². The topological polar surface area (TPSA) is 80.5 Å². The number of rotatable bonds is 5. The summed E-state index contributed by atoms with van der Waals surface area (Å²) >= 11 is 0. The van der Waals surface area contributed by atoms with Crippen LogP contribution in [0, 0.1) is 12.8 Å². The highest BCUT2D eigenvalue weighted by molar-refractivity contribution is 7.86. The zero-order chi connectivity index (χ0) is 17.0. The smallest absolute Gasteiger partial charge is 0.235 e. The van der Waals surface area contributed by atoms with Crippen molar-refractivity contribution in [3.8, 4) is 0 Å². The van der Waals surface area contributed by atoms with E-state index in [-0.39, 0.29) is 28.7 Å². The zero-order valence-electron chi connectivity index (χ0n) is 13.7. The highest BCUT2D eigenvalue weighted by Gasteiger charge is 2.28. The number of hydrogen-bond acceptors (Lipinski definition) is 3. The Morgan fingerprint density at radius 1 is 1.43 bits per heavy atom. The molecule has 0 unspecified atom stereocenters. The number of amides is 2. The van der Waals surface area contributed by atoms with Crippen LogP contribution in [0.15, 0.2) is 24.3 Å². The first-order valence-electron chi connectivity index (χ1n) is 7.89. The molecule has 0 bridgehead atoms. The van der Waals surface area contributed by atoms with Gasteiger partial charge in [-0.2, -0.15) is 0 Å². The van der Waals surface area contributed by atoms with Gasteiger partial charge in [-0.15, -0.1) is 0 Å². The number of aryl methyl sites for hydroxylation is 1. The average molecular weight is 336 g/mol. The fourth-order valence-corrected chi connectivity index (χ4v) is 3.97. The minimum atomic E-state index is -1.29. The first-order chi connectivity index (χ1) is 10.9. The summed E-state index contributed by atoms with van der Waals surface area (Å²) in [5.41, 5.74) is 7.42. The van der Waals surface area contributed by atoms with Gasteiger partial charge in [-0.05, 0) is 32.3 Å². The van der Waals surface area contributed by atoms with E-state index in [0.717, 1.165) is 24.0 Å². The molecule has 0 radical (unpaired) electrons. The van der Waals surface area contributed by atoms with E-state index in [2.05, 4.69) is 0 Å². The minimum absolute atomic E-state index is 0.0133. The van der Waals surface area contributed by atoms with Crippen molar-refractivity contribution in [1.29, 1.82) is 0 Å². The van der Waals surface area contributed by atoms with Crippen LogP contribution in [0.5, 0.6) is 0 Å². The molecule has 0 aliphatic carbocycles. The van der Waals surface area contributed by atoms with E-state index in [4.69, 9.17) is 5.73 Å². The van der Waals surface area contributed by atoms with Crippen LogP contribution in [0.3, 0.4) is 0 Å². The second kappa shape index (κ2) is 7.73. The summed E-state index contributed by atoms with van der Waals surface area (Å²) in [6.07, 6.45) is 1.49. The second-order valence-electron chi connectivity index (χ2n) is 6.16. The normalized spacial score (nSPS) is 20.8. The lowest BCUT2D eigenvalue weighted by atomic mass is 9.97. The average Bonchev–Trinajstić information content (AvgIpc) is 2.54. The Balaban J connectivity index is 1.96. The maximum atomic E-state index is 12.5. The molecule has 1 aliphatic rings. The Kier molecular flexibility index (Phi) is 5.93. The summed E-state index contributed by atoms with van der Waals surface area (Å²) in [5, 5.41) is -0.199. The molecule has 5 nitrogen and oxygen atoms in total. The number of piperidine rings is 1. The van der Waals surface area contributed by atoms with Crippen LogP contribution < -0.4 is 5.73 Å². The lowest BCUT2D eigenvalue weighted by molar-refractivity contribution is -0.132. The van der Waals surface area contributed by atoms with Crippen molar-refractivity contribution in [1.82, 2.24) is 4.90 Å². The summed E-state index contributed by atoms with van der Waals surface area (Å²) in [6, 6.07) is 7.85. The molecule has 1 aromatic rings. The molecule has 0 aromatic heterocycles. The van der Waals surface area contributed by atoms with Crippen LogP contribution in [0.1, 0.15) is 36.1 Å². The predicted molar refractivity (Wildman–Crippen MR) is 91.1 cm³/mol. The number of carbonyl (C=O) groups excluding carboxylic acids is 2. The number of nitrogens with zero attached hydrogens (tertiary/aromatic N) is 1. The molecule has 2 amide bonds. The van der Waals surface area contributed by atoms with E-state index >= 15 is 0 Å². The van der Waals surface area contributed by atoms with E-state index < -0.39 is 10.8 Å². The van der Waals surface area contributed by atoms with E-state index in [1.165, 1.54) is 0 Å². The minimum Gasteiger partial charge on any atom is -0.369 e. The summed E-state index contributed by atoms with van der Waals surface area (Å²) in [5.74, 6) is -0.818. The van der Waals surface area contributed by atoms with Gasteiger partial charge in [0.2, 0.25) is 11.8 Å². The van der Waals surface area contributed by atoms with Gasteiger partial charge in [0.25, 0.3) is 0 Å². The van der Waals surface area contributed by atoms with E-state index in [9.17, 15) is 13.8 Å². The number of nitrogens with two attached hydrogens (primary N) is 1. The lowest BCUT2D eigenvalue weighted by Crippen LogP contribution is -2.45. The molecule has 2 N–H and O–H groups in total. The standard InChI is InChI=1S/C17H24N2O3S/c1-12-5-3-6-14(9-12)13(2)23(22)11-16(20)19-8-4-7-15(10-19)17(18)21/h3,5-6,9,13,15H,4,7-8,10-11H2,1-2H3,(H2,18,21)/t13-,15-,23+/m0/s1. The van der Waals surface area contributed by atoms with Crippen molar-refractivity contribution < 1.29 is 13.8 Å². The molecule has 2 rings (SSSR count). The maximum absolute atomic E-state index is 12.5. The molecule has 126 valence electrons. The maximum Gasteiger partial charge on any atom is 0.235 e. The second-order valence-corrected chi connectivity index (χ2v) is 7.92. The third-order valence-corrected chi connectivity index (χ3v) is 5.94. The molecule has 6 heteroatoms. The molecular weight excluding hydrogens is 312 g/mol. The van der Waals surface area contributed by atoms with Crippen molar-refractivity contribution in [2.24, 2.45) is 11.7 Å². The lowest BCUT2D eigenvalue weighted by Gasteiger charge is -2.31. The molecular formula is C17H24N2O3S. The van der Waals surface area contributed by atoms with Gasteiger partial charge in [0.05, 0.1) is 11.2 Å². The van der Waals surface area contributed by atoms with Gasteiger partial charge in [-0.3, -0.25) is 13.8 Å². The van der Waals surface area contributed by atoms with Gasteiger partial charge in [0, 0.05) is 23.9 Å². The van der Waals surface area contributed by atoms with E-state index in [1.807, 2.05) is 38.1 Å². The number of benzene rings is 1. The highest BCUT2D eigenvalue weighted by Crippen LogP contribution is 2.22. The van der Waals surface area contributed by atoms with Crippen LogP contribution in [0.25, 0.3) is 0 Å². The molecule has 1 aromatic carbocycles. The molecule has 1 aliphatic heterocycles. The first kappa shape index (κ1) is 17.7.